The molecule has 0 aromatic heterocycles. The monoisotopic (exact) mass is 447 g/mol. The van der Waals surface area contributed by atoms with Crippen LogP contribution in [0.25, 0.3) is 10.8 Å². The normalized spacial score (nSPS) is 11.8. The Morgan fingerprint density at radius 2 is 1.87 bits per heavy atom. The predicted octanol–water partition coefficient (Wildman–Crippen LogP) is 4.83. The van der Waals surface area contributed by atoms with Crippen molar-refractivity contribution in [2.75, 3.05) is 12.4 Å². The van der Waals surface area contributed by atoms with Crippen LogP contribution >= 0.6 is 23.2 Å². The Morgan fingerprint density at radius 3 is 2.57 bits per heavy atom. The molecule has 0 saturated carbocycles. The number of para-hydroxylation sites is 1. The highest BCUT2D eigenvalue weighted by atomic mass is 35.5. The quantitative estimate of drug-likeness (QED) is 0.528. The Kier molecular flexibility index (Phi) is 6.82. The maximum Gasteiger partial charge on any atom is 0.338 e. The molecule has 6 nitrogen and oxygen atoms in total. The van der Waals surface area contributed by atoms with Gasteiger partial charge >= 0.3 is 5.97 Å². The van der Waals surface area contributed by atoms with E-state index in [1.807, 2.05) is 0 Å². The molecule has 156 valence electrons. The number of carbonyl (C=O) groups excluding carboxylic acids is 2. The van der Waals surface area contributed by atoms with E-state index in [0.717, 1.165) is 0 Å². The molecule has 0 fully saturated rings. The topological polar surface area (TPSA) is 84.9 Å². The Morgan fingerprint density at radius 1 is 1.13 bits per heavy atom. The molecule has 3 rings (SSSR count). The van der Waals surface area contributed by atoms with Crippen molar-refractivity contribution in [2.45, 2.75) is 19.6 Å². The van der Waals surface area contributed by atoms with E-state index in [9.17, 15) is 14.7 Å². The van der Waals surface area contributed by atoms with Gasteiger partial charge in [-0.1, -0.05) is 41.4 Å². The number of benzene rings is 3. The van der Waals surface area contributed by atoms with Crippen LogP contribution in [0.1, 0.15) is 22.8 Å². The number of esters is 1. The average Bonchev–Trinajstić information content (AvgIpc) is 2.72. The molecule has 0 aliphatic heterocycles. The molecule has 1 unspecified atom stereocenters. The summed E-state index contributed by atoms with van der Waals surface area (Å²) in [5.74, 6) is -0.753. The van der Waals surface area contributed by atoms with Gasteiger partial charge in [-0.15, -0.1) is 0 Å². The molecule has 1 atom stereocenters. The second-order valence-corrected chi connectivity index (χ2v) is 7.36. The number of aliphatic hydroxyl groups is 1. The molecule has 2 N–H and O–H groups in total. The van der Waals surface area contributed by atoms with Gasteiger partial charge in [0.15, 0.2) is 6.10 Å². The molecular weight excluding hydrogens is 429 g/mol. The van der Waals surface area contributed by atoms with E-state index in [0.29, 0.717) is 32.1 Å². The number of ether oxygens (including phenoxy) is 2. The van der Waals surface area contributed by atoms with Crippen LogP contribution in [-0.4, -0.2) is 30.2 Å². The number of hydrogen-bond donors (Lipinski definition) is 2. The van der Waals surface area contributed by atoms with E-state index in [1.165, 1.54) is 13.2 Å². The van der Waals surface area contributed by atoms with E-state index in [1.54, 1.807) is 49.4 Å². The lowest BCUT2D eigenvalue weighted by atomic mass is 10.1. The number of nitrogens with one attached hydrogen (secondary N) is 1. The Balaban J connectivity index is 1.95. The summed E-state index contributed by atoms with van der Waals surface area (Å²) in [7, 11) is 1.27. The molecule has 1 amide bonds. The van der Waals surface area contributed by atoms with Gasteiger partial charge in [0.2, 0.25) is 0 Å². The van der Waals surface area contributed by atoms with Crippen molar-refractivity contribution in [3.63, 3.8) is 0 Å². The Labute approximate surface area is 183 Å². The summed E-state index contributed by atoms with van der Waals surface area (Å²) < 4.78 is 10.7. The summed E-state index contributed by atoms with van der Waals surface area (Å²) in [6, 6.07) is 13.2. The number of hydrogen-bond acceptors (Lipinski definition) is 5. The van der Waals surface area contributed by atoms with E-state index in [-0.39, 0.29) is 17.9 Å². The first-order chi connectivity index (χ1) is 14.3. The molecular formula is C22H19Cl2NO5. The molecule has 0 aliphatic carbocycles. The second kappa shape index (κ2) is 9.34. The van der Waals surface area contributed by atoms with Crippen molar-refractivity contribution in [2.24, 2.45) is 0 Å². The Hall–Kier alpha value is -2.80. The number of aliphatic hydroxyl groups excluding tert-OH is 1. The highest BCUT2D eigenvalue weighted by molar-refractivity contribution is 6.39. The van der Waals surface area contributed by atoms with Crippen LogP contribution in [-0.2, 0) is 16.1 Å². The van der Waals surface area contributed by atoms with Crippen molar-refractivity contribution < 1.29 is 24.2 Å². The van der Waals surface area contributed by atoms with Gasteiger partial charge in [-0.25, -0.2) is 4.79 Å². The fourth-order valence-electron chi connectivity index (χ4n) is 2.98. The molecule has 0 radical (unpaired) electrons. The lowest BCUT2D eigenvalue weighted by Gasteiger charge is -2.18. The molecule has 8 heteroatoms. The molecule has 0 heterocycles. The third-order valence-corrected chi connectivity index (χ3v) is 4.99. The smallest absolute Gasteiger partial charge is 0.338 e. The first-order valence-corrected chi connectivity index (χ1v) is 9.77. The standard InChI is InChI=1S/C22H19Cl2NO5/c1-12(21(27)25-18-6-4-3-5-13(18)11-26)30-19-9-15(22(28)29-2)7-14-8-16(23)10-17(24)20(14)19/h3-10,12,26H,11H2,1-2H3,(H,25,27). The minimum absolute atomic E-state index is 0.214. The third-order valence-electron chi connectivity index (χ3n) is 4.47. The van der Waals surface area contributed by atoms with E-state index in [2.05, 4.69) is 5.32 Å². The first kappa shape index (κ1) is 21.9. The van der Waals surface area contributed by atoms with Gasteiger partial charge in [0.1, 0.15) is 5.75 Å². The van der Waals surface area contributed by atoms with Crippen LogP contribution in [0, 0.1) is 0 Å². The number of fused-ring (bicyclic) bond motifs is 1. The van der Waals surface area contributed by atoms with Gasteiger partial charge in [-0.2, -0.15) is 0 Å². The highest BCUT2D eigenvalue weighted by Gasteiger charge is 2.20. The van der Waals surface area contributed by atoms with Crippen molar-refractivity contribution in [3.05, 3.63) is 69.7 Å². The summed E-state index contributed by atoms with van der Waals surface area (Å²) in [6.45, 7) is 1.35. The average molecular weight is 448 g/mol. The minimum atomic E-state index is -0.931. The van der Waals surface area contributed by atoms with Crippen LogP contribution in [0.3, 0.4) is 0 Å². The van der Waals surface area contributed by atoms with E-state index >= 15 is 0 Å². The lowest BCUT2D eigenvalue weighted by molar-refractivity contribution is -0.122. The number of rotatable bonds is 6. The Bertz CT molecular complexity index is 1120. The van der Waals surface area contributed by atoms with Gasteiger partial charge in [0.05, 0.1) is 24.3 Å². The van der Waals surface area contributed by atoms with E-state index in [4.69, 9.17) is 32.7 Å². The van der Waals surface area contributed by atoms with Gasteiger partial charge < -0.3 is 19.9 Å². The van der Waals surface area contributed by atoms with Crippen molar-refractivity contribution >= 4 is 51.5 Å². The van der Waals surface area contributed by atoms with Crippen molar-refractivity contribution in [3.8, 4) is 5.75 Å². The number of amides is 1. The maximum absolute atomic E-state index is 12.7. The predicted molar refractivity (Wildman–Crippen MR) is 116 cm³/mol. The summed E-state index contributed by atoms with van der Waals surface area (Å²) >= 11 is 12.4. The van der Waals surface area contributed by atoms with E-state index < -0.39 is 18.0 Å². The summed E-state index contributed by atoms with van der Waals surface area (Å²) in [4.78, 5) is 24.7. The molecule has 0 spiro atoms. The largest absolute Gasteiger partial charge is 0.480 e. The fraction of sp³-hybridized carbons (Fsp3) is 0.182. The molecule has 0 bridgehead atoms. The van der Waals surface area contributed by atoms with Crippen LogP contribution in [0.15, 0.2) is 48.5 Å². The number of methoxy groups -OCH3 is 1. The molecule has 3 aromatic carbocycles. The van der Waals surface area contributed by atoms with Gasteiger partial charge in [0.25, 0.3) is 5.91 Å². The number of halogens is 2. The van der Waals surface area contributed by atoms with Gasteiger partial charge in [-0.05, 0) is 42.6 Å². The SMILES string of the molecule is COC(=O)c1cc(OC(C)C(=O)Nc2ccccc2CO)c2c(Cl)cc(Cl)cc2c1. The molecule has 3 aromatic rings. The van der Waals surface area contributed by atoms with Crippen LogP contribution in [0.2, 0.25) is 10.0 Å². The maximum atomic E-state index is 12.7. The minimum Gasteiger partial charge on any atom is -0.480 e. The number of anilines is 1. The van der Waals surface area contributed by atoms with Gasteiger partial charge in [-0.3, -0.25) is 4.79 Å². The summed E-state index contributed by atoms with van der Waals surface area (Å²) in [5, 5.41) is 14.0. The first-order valence-electron chi connectivity index (χ1n) is 9.01. The van der Waals surface area contributed by atoms with Gasteiger partial charge in [0, 0.05) is 21.7 Å². The second-order valence-electron chi connectivity index (χ2n) is 6.52. The third kappa shape index (κ3) is 4.67. The summed E-state index contributed by atoms with van der Waals surface area (Å²) in [5.41, 5.74) is 1.30. The molecule has 0 saturated heterocycles. The fourth-order valence-corrected chi connectivity index (χ4v) is 3.58. The zero-order valence-corrected chi connectivity index (χ0v) is 17.8. The lowest BCUT2D eigenvalue weighted by Crippen LogP contribution is -2.30. The van der Waals surface area contributed by atoms with Crippen LogP contribution in [0.4, 0.5) is 5.69 Å². The van der Waals surface area contributed by atoms with Crippen LogP contribution in [0.5, 0.6) is 5.75 Å². The highest BCUT2D eigenvalue weighted by Crippen LogP contribution is 2.37. The zero-order chi connectivity index (χ0) is 21.8. The number of carbonyl (C=O) groups is 2. The van der Waals surface area contributed by atoms with Crippen molar-refractivity contribution in [1.29, 1.82) is 0 Å². The van der Waals surface area contributed by atoms with Crippen molar-refractivity contribution in [1.82, 2.24) is 0 Å². The van der Waals surface area contributed by atoms with Crippen LogP contribution < -0.4 is 10.1 Å². The zero-order valence-electron chi connectivity index (χ0n) is 16.2. The summed E-state index contributed by atoms with van der Waals surface area (Å²) in [6.07, 6.45) is -0.931. The molecule has 0 aliphatic rings. The molecule has 30 heavy (non-hydrogen) atoms.